The molecule has 1 atom stereocenters. The van der Waals surface area contributed by atoms with Crippen LogP contribution in [0.4, 0.5) is 0 Å². The van der Waals surface area contributed by atoms with Gasteiger partial charge < -0.3 is 4.74 Å². The number of rotatable bonds is 3. The van der Waals surface area contributed by atoms with Crippen molar-refractivity contribution in [3.8, 4) is 5.75 Å². The van der Waals surface area contributed by atoms with Crippen LogP contribution in [0, 0.1) is 5.92 Å². The summed E-state index contributed by atoms with van der Waals surface area (Å²) in [5, 5.41) is 0. The van der Waals surface area contributed by atoms with Gasteiger partial charge in [0, 0.05) is 0 Å². The van der Waals surface area contributed by atoms with Gasteiger partial charge in [0.25, 0.3) is 0 Å². The van der Waals surface area contributed by atoms with E-state index in [1.165, 1.54) is 0 Å². The third-order valence-electron chi connectivity index (χ3n) is 3.36. The number of carbonyl (C=O) groups is 2. The molecule has 0 radical (unpaired) electrons. The Morgan fingerprint density at radius 1 is 1.16 bits per heavy atom. The molecular formula is C16H18O3. The predicted octanol–water partition coefficient (Wildman–Crippen LogP) is 3.54. The topological polar surface area (TPSA) is 43.4 Å². The van der Waals surface area contributed by atoms with Crippen molar-refractivity contribution >= 4 is 12.3 Å². The van der Waals surface area contributed by atoms with E-state index in [0.717, 1.165) is 32.1 Å². The predicted molar refractivity (Wildman–Crippen MR) is 73.2 cm³/mol. The highest BCUT2D eigenvalue weighted by atomic mass is 16.5. The van der Waals surface area contributed by atoms with Crippen LogP contribution in [-0.2, 0) is 4.79 Å². The second-order valence-corrected chi connectivity index (χ2v) is 4.75. The van der Waals surface area contributed by atoms with Crippen molar-refractivity contribution in [3.63, 3.8) is 0 Å². The van der Waals surface area contributed by atoms with Gasteiger partial charge >= 0.3 is 5.97 Å². The van der Waals surface area contributed by atoms with Gasteiger partial charge in [-0.05, 0) is 44.2 Å². The largest absolute Gasteiger partial charge is 0.426 e. The number of ether oxygens (including phenoxy) is 1. The summed E-state index contributed by atoms with van der Waals surface area (Å²) in [5.41, 5.74) is 0.418. The van der Waals surface area contributed by atoms with Gasteiger partial charge in [-0.2, -0.15) is 0 Å². The molecule has 1 aromatic carbocycles. The number of hydrogen-bond acceptors (Lipinski definition) is 3. The maximum atomic E-state index is 12.1. The molecule has 0 bridgehead atoms. The fraction of sp³-hybridized carbons (Fsp3) is 0.375. The summed E-state index contributed by atoms with van der Waals surface area (Å²) in [6.07, 6.45) is 9.62. The fourth-order valence-corrected chi connectivity index (χ4v) is 2.26. The molecule has 100 valence electrons. The lowest BCUT2D eigenvalue weighted by Gasteiger charge is -2.16. The van der Waals surface area contributed by atoms with Gasteiger partial charge in [0.05, 0.1) is 11.5 Å². The Bertz CT molecular complexity index is 477. The summed E-state index contributed by atoms with van der Waals surface area (Å²) in [4.78, 5) is 23.0. The number of carbonyl (C=O) groups excluding carboxylic acids is 2. The molecule has 0 saturated carbocycles. The number of hydrogen-bond donors (Lipinski definition) is 0. The summed E-state index contributed by atoms with van der Waals surface area (Å²) in [5.74, 6) is 0.0781. The van der Waals surface area contributed by atoms with Gasteiger partial charge in [0.15, 0.2) is 6.29 Å². The number of benzene rings is 1. The van der Waals surface area contributed by atoms with Crippen LogP contribution in [0.25, 0.3) is 0 Å². The first-order chi connectivity index (χ1) is 9.31. The van der Waals surface area contributed by atoms with Crippen LogP contribution in [0.3, 0.4) is 0 Å². The van der Waals surface area contributed by atoms with Gasteiger partial charge in [-0.3, -0.25) is 9.59 Å². The molecule has 1 aliphatic carbocycles. The van der Waals surface area contributed by atoms with E-state index in [-0.39, 0.29) is 11.9 Å². The minimum atomic E-state index is -0.218. The maximum absolute atomic E-state index is 12.1. The second kappa shape index (κ2) is 6.88. The second-order valence-electron chi connectivity index (χ2n) is 4.75. The number of para-hydroxylation sites is 1. The Balaban J connectivity index is 2.03. The van der Waals surface area contributed by atoms with Crippen molar-refractivity contribution in [2.75, 3.05) is 0 Å². The molecule has 2 rings (SSSR count). The third-order valence-corrected chi connectivity index (χ3v) is 3.36. The normalized spacial score (nSPS) is 20.9. The van der Waals surface area contributed by atoms with Crippen molar-refractivity contribution in [2.24, 2.45) is 5.92 Å². The molecule has 1 aliphatic rings. The van der Waals surface area contributed by atoms with Gasteiger partial charge in [-0.25, -0.2) is 0 Å². The van der Waals surface area contributed by atoms with E-state index in [0.29, 0.717) is 17.6 Å². The Labute approximate surface area is 113 Å². The zero-order chi connectivity index (χ0) is 13.5. The number of esters is 1. The van der Waals surface area contributed by atoms with Gasteiger partial charge in [0.1, 0.15) is 5.75 Å². The van der Waals surface area contributed by atoms with E-state index in [4.69, 9.17) is 4.74 Å². The van der Waals surface area contributed by atoms with Crippen molar-refractivity contribution < 1.29 is 14.3 Å². The van der Waals surface area contributed by atoms with Gasteiger partial charge in [-0.1, -0.05) is 24.3 Å². The SMILES string of the molecule is O=Cc1ccccc1OC(=O)C1CC/C=C\CCC1. The van der Waals surface area contributed by atoms with Crippen molar-refractivity contribution in [3.05, 3.63) is 42.0 Å². The summed E-state index contributed by atoms with van der Waals surface area (Å²) in [6.45, 7) is 0. The van der Waals surface area contributed by atoms with E-state index >= 15 is 0 Å². The molecule has 0 saturated heterocycles. The Hall–Kier alpha value is -1.90. The van der Waals surface area contributed by atoms with Gasteiger partial charge in [-0.15, -0.1) is 0 Å². The molecule has 1 aromatic rings. The lowest BCUT2D eigenvalue weighted by atomic mass is 9.94. The van der Waals surface area contributed by atoms with Crippen molar-refractivity contribution in [1.82, 2.24) is 0 Å². The minimum absolute atomic E-state index is 0.0651. The van der Waals surface area contributed by atoms with Crippen LogP contribution in [0.2, 0.25) is 0 Å². The smallest absolute Gasteiger partial charge is 0.314 e. The molecule has 0 heterocycles. The van der Waals surface area contributed by atoms with Crippen LogP contribution in [-0.4, -0.2) is 12.3 Å². The number of aldehydes is 1. The molecule has 0 aliphatic heterocycles. The average molecular weight is 258 g/mol. The first-order valence-electron chi connectivity index (χ1n) is 6.72. The molecule has 3 heteroatoms. The summed E-state index contributed by atoms with van der Waals surface area (Å²) in [6, 6.07) is 6.82. The van der Waals surface area contributed by atoms with Crippen LogP contribution < -0.4 is 4.74 Å². The highest BCUT2D eigenvalue weighted by molar-refractivity contribution is 5.83. The molecule has 0 aromatic heterocycles. The molecule has 0 amide bonds. The van der Waals surface area contributed by atoms with E-state index < -0.39 is 0 Å². The summed E-state index contributed by atoms with van der Waals surface area (Å²) >= 11 is 0. The van der Waals surface area contributed by atoms with Crippen LogP contribution >= 0.6 is 0 Å². The van der Waals surface area contributed by atoms with Crippen LogP contribution in [0.1, 0.15) is 42.5 Å². The molecule has 0 N–H and O–H groups in total. The van der Waals surface area contributed by atoms with E-state index in [9.17, 15) is 9.59 Å². The maximum Gasteiger partial charge on any atom is 0.314 e. The molecule has 0 fully saturated rings. The zero-order valence-corrected chi connectivity index (χ0v) is 10.9. The number of allylic oxidation sites excluding steroid dienone is 2. The first kappa shape index (κ1) is 13.5. The quantitative estimate of drug-likeness (QED) is 0.360. The molecular weight excluding hydrogens is 240 g/mol. The highest BCUT2D eigenvalue weighted by Gasteiger charge is 2.21. The lowest BCUT2D eigenvalue weighted by Crippen LogP contribution is -2.21. The Morgan fingerprint density at radius 2 is 1.95 bits per heavy atom. The monoisotopic (exact) mass is 258 g/mol. The van der Waals surface area contributed by atoms with E-state index in [1.807, 2.05) is 0 Å². The lowest BCUT2D eigenvalue weighted by molar-refractivity contribution is -0.139. The zero-order valence-electron chi connectivity index (χ0n) is 10.9. The molecule has 1 unspecified atom stereocenters. The van der Waals surface area contributed by atoms with Gasteiger partial charge in [0.2, 0.25) is 0 Å². The van der Waals surface area contributed by atoms with Crippen molar-refractivity contribution in [1.29, 1.82) is 0 Å². The van der Waals surface area contributed by atoms with E-state index in [1.54, 1.807) is 24.3 Å². The minimum Gasteiger partial charge on any atom is -0.426 e. The van der Waals surface area contributed by atoms with Crippen LogP contribution in [0.5, 0.6) is 5.75 Å². The summed E-state index contributed by atoms with van der Waals surface area (Å²) in [7, 11) is 0. The standard InChI is InChI=1S/C16H18O3/c17-12-14-10-6-7-11-15(14)19-16(18)13-8-4-2-1-3-5-9-13/h1-2,6-7,10-13H,3-5,8-9H2/b2-1-. The molecule has 3 nitrogen and oxygen atoms in total. The van der Waals surface area contributed by atoms with E-state index in [2.05, 4.69) is 12.2 Å². The Kier molecular flexibility index (Phi) is 4.90. The van der Waals surface area contributed by atoms with Crippen molar-refractivity contribution in [2.45, 2.75) is 32.1 Å². The Morgan fingerprint density at radius 3 is 2.79 bits per heavy atom. The fourth-order valence-electron chi connectivity index (χ4n) is 2.26. The van der Waals surface area contributed by atoms with Crippen LogP contribution in [0.15, 0.2) is 36.4 Å². The first-order valence-corrected chi connectivity index (χ1v) is 6.72. The highest BCUT2D eigenvalue weighted by Crippen LogP contribution is 2.23. The average Bonchev–Trinajstić information content (AvgIpc) is 2.38. The molecule has 0 spiro atoms. The third kappa shape index (κ3) is 3.78. The summed E-state index contributed by atoms with van der Waals surface area (Å²) < 4.78 is 5.38. The molecule has 19 heavy (non-hydrogen) atoms.